The van der Waals surface area contributed by atoms with Crippen LogP contribution >= 0.6 is 0 Å². The molecule has 5 nitrogen and oxygen atoms in total. The van der Waals surface area contributed by atoms with Crippen molar-refractivity contribution in [2.24, 2.45) is 5.10 Å². The number of nitrogens with one attached hydrogen (secondary N) is 1. The van der Waals surface area contributed by atoms with Gasteiger partial charge in [-0.25, -0.2) is 5.43 Å². The number of anilines is 1. The SMILES string of the molecule is CCOC1=NNC(=O)C1=Cc1ccc(N(C)C)cc1. The van der Waals surface area contributed by atoms with E-state index in [1.54, 1.807) is 6.08 Å². The molecule has 1 aliphatic rings. The van der Waals surface area contributed by atoms with Crippen LogP contribution in [0.1, 0.15) is 12.5 Å². The van der Waals surface area contributed by atoms with Gasteiger partial charge in [0.1, 0.15) is 5.57 Å². The van der Waals surface area contributed by atoms with Gasteiger partial charge in [0.25, 0.3) is 5.91 Å². The predicted octanol–water partition coefficient (Wildman–Crippen LogP) is 1.62. The minimum Gasteiger partial charge on any atom is -0.476 e. The van der Waals surface area contributed by atoms with Crippen LogP contribution in [0.4, 0.5) is 5.69 Å². The summed E-state index contributed by atoms with van der Waals surface area (Å²) in [6.07, 6.45) is 1.77. The van der Waals surface area contributed by atoms with Gasteiger partial charge in [-0.2, -0.15) is 0 Å². The minimum atomic E-state index is -0.236. The van der Waals surface area contributed by atoms with Gasteiger partial charge in [0.2, 0.25) is 5.90 Å². The Kier molecular flexibility index (Phi) is 3.85. The van der Waals surface area contributed by atoms with E-state index < -0.39 is 0 Å². The monoisotopic (exact) mass is 259 g/mol. The van der Waals surface area contributed by atoms with Gasteiger partial charge in [-0.1, -0.05) is 12.1 Å². The molecule has 19 heavy (non-hydrogen) atoms. The summed E-state index contributed by atoms with van der Waals surface area (Å²) >= 11 is 0. The van der Waals surface area contributed by atoms with Gasteiger partial charge >= 0.3 is 0 Å². The largest absolute Gasteiger partial charge is 0.476 e. The Morgan fingerprint density at radius 2 is 2.00 bits per heavy atom. The van der Waals surface area contributed by atoms with Crippen LogP contribution in [0.5, 0.6) is 0 Å². The molecular formula is C14H17N3O2. The van der Waals surface area contributed by atoms with E-state index >= 15 is 0 Å². The molecule has 0 fully saturated rings. The Morgan fingerprint density at radius 3 is 2.58 bits per heavy atom. The zero-order chi connectivity index (χ0) is 13.8. The van der Waals surface area contributed by atoms with Crippen LogP contribution in [-0.2, 0) is 9.53 Å². The van der Waals surface area contributed by atoms with Gasteiger partial charge in [-0.15, -0.1) is 5.10 Å². The molecular weight excluding hydrogens is 242 g/mol. The first-order valence-corrected chi connectivity index (χ1v) is 6.12. The van der Waals surface area contributed by atoms with Crippen molar-refractivity contribution in [3.63, 3.8) is 0 Å². The number of amides is 1. The molecule has 0 aliphatic carbocycles. The molecule has 0 saturated heterocycles. The van der Waals surface area contributed by atoms with E-state index in [2.05, 4.69) is 10.5 Å². The predicted molar refractivity (Wildman–Crippen MR) is 75.9 cm³/mol. The molecule has 0 spiro atoms. The average molecular weight is 259 g/mol. The lowest BCUT2D eigenvalue weighted by Crippen LogP contribution is -2.14. The van der Waals surface area contributed by atoms with Crippen LogP contribution in [0.15, 0.2) is 34.9 Å². The second-order valence-electron chi connectivity index (χ2n) is 4.33. The van der Waals surface area contributed by atoms with E-state index in [0.29, 0.717) is 18.1 Å². The maximum Gasteiger partial charge on any atom is 0.277 e. The van der Waals surface area contributed by atoms with E-state index in [-0.39, 0.29) is 5.91 Å². The van der Waals surface area contributed by atoms with Gasteiger partial charge in [0, 0.05) is 19.8 Å². The Morgan fingerprint density at radius 1 is 1.32 bits per heavy atom. The normalized spacial score (nSPS) is 16.3. The fourth-order valence-corrected chi connectivity index (χ4v) is 1.73. The fourth-order valence-electron chi connectivity index (χ4n) is 1.73. The van der Waals surface area contributed by atoms with Crippen LogP contribution in [0.3, 0.4) is 0 Å². The first-order valence-electron chi connectivity index (χ1n) is 6.12. The van der Waals surface area contributed by atoms with Crippen molar-refractivity contribution in [3.05, 3.63) is 35.4 Å². The minimum absolute atomic E-state index is 0.236. The van der Waals surface area contributed by atoms with Crippen molar-refractivity contribution in [2.45, 2.75) is 6.92 Å². The van der Waals surface area contributed by atoms with Crippen molar-refractivity contribution in [1.29, 1.82) is 0 Å². The standard InChI is InChI=1S/C14H17N3O2/c1-4-19-14-12(13(18)15-16-14)9-10-5-7-11(8-6-10)17(2)3/h5-9H,4H2,1-3H3,(H,15,18). The van der Waals surface area contributed by atoms with E-state index in [1.165, 1.54) is 0 Å². The lowest BCUT2D eigenvalue weighted by Gasteiger charge is -2.12. The number of carbonyl (C=O) groups is 1. The van der Waals surface area contributed by atoms with E-state index in [9.17, 15) is 4.79 Å². The summed E-state index contributed by atoms with van der Waals surface area (Å²) in [7, 11) is 3.97. The summed E-state index contributed by atoms with van der Waals surface area (Å²) in [5.74, 6) is 0.115. The van der Waals surface area contributed by atoms with E-state index in [4.69, 9.17) is 4.74 Å². The van der Waals surface area contributed by atoms with Crippen molar-refractivity contribution in [3.8, 4) is 0 Å². The molecule has 1 heterocycles. The first kappa shape index (κ1) is 13.1. The fraction of sp³-hybridized carbons (Fsp3) is 0.286. The third-order valence-electron chi connectivity index (χ3n) is 2.74. The number of rotatable bonds is 3. The number of carbonyl (C=O) groups excluding carboxylic acids is 1. The lowest BCUT2D eigenvalue weighted by atomic mass is 10.1. The van der Waals surface area contributed by atoms with Crippen molar-refractivity contribution >= 4 is 23.6 Å². The van der Waals surface area contributed by atoms with Crippen LogP contribution in [0.2, 0.25) is 0 Å². The smallest absolute Gasteiger partial charge is 0.277 e. The second-order valence-corrected chi connectivity index (χ2v) is 4.33. The molecule has 0 saturated carbocycles. The highest BCUT2D eigenvalue weighted by Crippen LogP contribution is 2.17. The molecule has 0 aromatic heterocycles. The second kappa shape index (κ2) is 5.56. The first-order chi connectivity index (χ1) is 9.11. The molecule has 1 aromatic carbocycles. The van der Waals surface area contributed by atoms with Gasteiger partial charge < -0.3 is 9.64 Å². The molecule has 0 atom stereocenters. The molecule has 100 valence electrons. The molecule has 0 bridgehead atoms. The maximum absolute atomic E-state index is 11.7. The summed E-state index contributed by atoms with van der Waals surface area (Å²) in [5, 5.41) is 3.85. The van der Waals surface area contributed by atoms with E-state index in [0.717, 1.165) is 11.3 Å². The van der Waals surface area contributed by atoms with Gasteiger partial charge in [0.15, 0.2) is 0 Å². The van der Waals surface area contributed by atoms with Crippen LogP contribution in [-0.4, -0.2) is 32.5 Å². The third kappa shape index (κ3) is 2.93. The number of hydrazone groups is 1. The number of hydrogen-bond donors (Lipinski definition) is 1. The molecule has 1 aliphatic heterocycles. The highest BCUT2D eigenvalue weighted by atomic mass is 16.5. The summed E-state index contributed by atoms with van der Waals surface area (Å²) in [5.41, 5.74) is 4.90. The van der Waals surface area contributed by atoms with Crippen LogP contribution < -0.4 is 10.3 Å². The highest BCUT2D eigenvalue weighted by Gasteiger charge is 2.23. The number of benzene rings is 1. The molecule has 1 amide bonds. The quantitative estimate of drug-likeness (QED) is 0.839. The van der Waals surface area contributed by atoms with Crippen molar-refractivity contribution < 1.29 is 9.53 Å². The number of hydrogen-bond acceptors (Lipinski definition) is 4. The Labute approximate surface area is 112 Å². The average Bonchev–Trinajstić information content (AvgIpc) is 2.73. The van der Waals surface area contributed by atoms with Crippen LogP contribution in [0.25, 0.3) is 6.08 Å². The van der Waals surface area contributed by atoms with Crippen molar-refractivity contribution in [1.82, 2.24) is 5.43 Å². The Balaban J connectivity index is 2.24. The Hall–Kier alpha value is -2.30. The third-order valence-corrected chi connectivity index (χ3v) is 2.74. The van der Waals surface area contributed by atoms with Gasteiger partial charge in [0.05, 0.1) is 6.61 Å². The van der Waals surface area contributed by atoms with Gasteiger partial charge in [-0.3, -0.25) is 4.79 Å². The molecule has 5 heteroatoms. The maximum atomic E-state index is 11.7. The van der Waals surface area contributed by atoms with Crippen LogP contribution in [0, 0.1) is 0 Å². The molecule has 1 N–H and O–H groups in total. The molecule has 0 radical (unpaired) electrons. The lowest BCUT2D eigenvalue weighted by molar-refractivity contribution is -0.116. The molecule has 0 unspecified atom stereocenters. The number of nitrogens with zero attached hydrogens (tertiary/aromatic N) is 2. The number of ether oxygens (including phenoxy) is 1. The summed E-state index contributed by atoms with van der Waals surface area (Å²) in [6.45, 7) is 2.33. The summed E-state index contributed by atoms with van der Waals surface area (Å²) in [4.78, 5) is 13.7. The van der Waals surface area contributed by atoms with Crippen molar-refractivity contribution in [2.75, 3.05) is 25.6 Å². The van der Waals surface area contributed by atoms with E-state index in [1.807, 2.05) is 50.2 Å². The zero-order valence-corrected chi connectivity index (χ0v) is 11.3. The Bertz CT molecular complexity index is 530. The molecule has 2 rings (SSSR count). The summed E-state index contributed by atoms with van der Waals surface area (Å²) < 4.78 is 5.31. The van der Waals surface area contributed by atoms with Gasteiger partial charge in [-0.05, 0) is 30.7 Å². The summed E-state index contributed by atoms with van der Waals surface area (Å²) in [6, 6.07) is 7.91. The molecule has 1 aromatic rings. The topological polar surface area (TPSA) is 53.9 Å². The zero-order valence-electron chi connectivity index (χ0n) is 11.3. The highest BCUT2D eigenvalue weighted by molar-refractivity contribution is 6.24.